The van der Waals surface area contributed by atoms with Gasteiger partial charge in [-0.15, -0.1) is 0 Å². The summed E-state index contributed by atoms with van der Waals surface area (Å²) in [5.41, 5.74) is 4.56. The summed E-state index contributed by atoms with van der Waals surface area (Å²) in [6.45, 7) is 6.85. The molecular formula is C17H21NO3. The number of aryl methyl sites for hydroxylation is 2. The highest BCUT2D eigenvalue weighted by molar-refractivity contribution is 5.87. The molecule has 1 heterocycles. The van der Waals surface area contributed by atoms with Crippen LogP contribution in [0, 0.1) is 13.8 Å². The fourth-order valence-corrected chi connectivity index (χ4v) is 2.35. The molecule has 0 spiro atoms. The molecule has 21 heavy (non-hydrogen) atoms. The molecule has 0 aliphatic rings. The maximum absolute atomic E-state index is 11.6. The molecule has 1 atom stereocenters. The molecule has 4 heteroatoms. The minimum Gasteiger partial charge on any atom is -0.463 e. The van der Waals surface area contributed by atoms with Crippen LogP contribution in [0.3, 0.4) is 0 Å². The van der Waals surface area contributed by atoms with Gasteiger partial charge >= 0.3 is 5.97 Å². The molecule has 1 unspecified atom stereocenters. The molecule has 0 aliphatic carbocycles. The zero-order valence-corrected chi connectivity index (χ0v) is 12.9. The number of methoxy groups -OCH3 is 1. The summed E-state index contributed by atoms with van der Waals surface area (Å²) in [5.74, 6) is -0.186. The lowest BCUT2D eigenvalue weighted by Gasteiger charge is -2.17. The van der Waals surface area contributed by atoms with E-state index in [0.717, 1.165) is 5.56 Å². The van der Waals surface area contributed by atoms with Crippen molar-refractivity contribution >= 4 is 5.97 Å². The first-order valence-electron chi connectivity index (χ1n) is 6.98. The topological polar surface area (TPSA) is 51.5 Å². The highest BCUT2D eigenvalue weighted by atomic mass is 16.5. The molecule has 0 amide bonds. The van der Waals surface area contributed by atoms with Crippen LogP contribution in [0.2, 0.25) is 0 Å². The van der Waals surface area contributed by atoms with Crippen molar-refractivity contribution in [2.75, 3.05) is 7.11 Å². The van der Waals surface area contributed by atoms with Crippen molar-refractivity contribution in [3.05, 3.63) is 58.5 Å². The van der Waals surface area contributed by atoms with E-state index in [4.69, 9.17) is 9.15 Å². The normalized spacial score (nSPS) is 12.2. The second kappa shape index (κ2) is 6.59. The van der Waals surface area contributed by atoms with Crippen LogP contribution in [0.1, 0.15) is 45.8 Å². The Hall–Kier alpha value is -2.07. The first-order valence-corrected chi connectivity index (χ1v) is 6.98. The van der Waals surface area contributed by atoms with Crippen LogP contribution in [0.5, 0.6) is 0 Å². The van der Waals surface area contributed by atoms with E-state index in [1.807, 2.05) is 0 Å². The largest absolute Gasteiger partial charge is 0.463 e. The van der Waals surface area contributed by atoms with Crippen LogP contribution in [-0.2, 0) is 11.3 Å². The summed E-state index contributed by atoms with van der Waals surface area (Å²) >= 11 is 0. The van der Waals surface area contributed by atoms with E-state index in [2.05, 4.69) is 44.3 Å². The highest BCUT2D eigenvalue weighted by Gasteiger charge is 2.16. The summed E-state index contributed by atoms with van der Waals surface area (Å²) in [6, 6.07) is 8.39. The molecule has 112 valence electrons. The molecule has 0 aliphatic heterocycles. The van der Waals surface area contributed by atoms with Crippen molar-refractivity contribution < 1.29 is 13.9 Å². The van der Waals surface area contributed by atoms with Crippen molar-refractivity contribution in [2.24, 2.45) is 0 Å². The van der Waals surface area contributed by atoms with Crippen LogP contribution in [0.25, 0.3) is 0 Å². The fourth-order valence-electron chi connectivity index (χ4n) is 2.35. The quantitative estimate of drug-likeness (QED) is 0.855. The second-order valence-corrected chi connectivity index (χ2v) is 5.23. The van der Waals surface area contributed by atoms with Crippen LogP contribution < -0.4 is 5.32 Å². The van der Waals surface area contributed by atoms with Gasteiger partial charge in [-0.3, -0.25) is 0 Å². The number of benzene rings is 1. The third-order valence-corrected chi connectivity index (χ3v) is 3.62. The molecule has 2 aromatic rings. The van der Waals surface area contributed by atoms with E-state index in [0.29, 0.717) is 6.54 Å². The minimum atomic E-state index is -0.448. The number of ether oxygens (including phenoxy) is 1. The number of esters is 1. The van der Waals surface area contributed by atoms with Gasteiger partial charge in [0.05, 0.1) is 13.4 Å². The van der Waals surface area contributed by atoms with Gasteiger partial charge in [-0.25, -0.2) is 4.79 Å². The van der Waals surface area contributed by atoms with Gasteiger partial charge < -0.3 is 14.5 Å². The highest BCUT2D eigenvalue weighted by Crippen LogP contribution is 2.20. The lowest BCUT2D eigenvalue weighted by atomic mass is 10.00. The molecule has 0 bridgehead atoms. The zero-order valence-electron chi connectivity index (χ0n) is 12.9. The van der Waals surface area contributed by atoms with Crippen LogP contribution >= 0.6 is 0 Å². The summed E-state index contributed by atoms with van der Waals surface area (Å²) < 4.78 is 9.88. The number of nitrogens with one attached hydrogen (secondary N) is 1. The Balaban J connectivity index is 2.08. The number of hydrogen-bond acceptors (Lipinski definition) is 4. The molecule has 0 saturated carbocycles. The molecule has 1 N–H and O–H groups in total. The number of carbonyl (C=O) groups excluding carboxylic acids is 1. The Kier molecular flexibility index (Phi) is 4.81. The van der Waals surface area contributed by atoms with E-state index >= 15 is 0 Å². The maximum atomic E-state index is 11.6. The lowest BCUT2D eigenvalue weighted by Crippen LogP contribution is -2.20. The van der Waals surface area contributed by atoms with Crippen LogP contribution in [-0.4, -0.2) is 13.1 Å². The van der Waals surface area contributed by atoms with Gasteiger partial charge in [0.25, 0.3) is 0 Å². The van der Waals surface area contributed by atoms with Crippen LogP contribution in [0.15, 0.2) is 34.9 Å². The molecule has 1 aromatic carbocycles. The molecule has 0 saturated heterocycles. The Morgan fingerprint density at radius 1 is 1.33 bits per heavy atom. The van der Waals surface area contributed by atoms with Crippen LogP contribution in [0.4, 0.5) is 0 Å². The van der Waals surface area contributed by atoms with Gasteiger partial charge in [-0.05, 0) is 38.0 Å². The fraction of sp³-hybridized carbons (Fsp3) is 0.353. The molecular weight excluding hydrogens is 266 g/mol. The monoisotopic (exact) mass is 287 g/mol. The summed E-state index contributed by atoms with van der Waals surface area (Å²) in [4.78, 5) is 11.6. The minimum absolute atomic E-state index is 0.185. The van der Waals surface area contributed by atoms with E-state index in [1.165, 1.54) is 30.1 Å². The van der Waals surface area contributed by atoms with Gasteiger partial charge in [-0.2, -0.15) is 0 Å². The van der Waals surface area contributed by atoms with Crippen molar-refractivity contribution in [1.29, 1.82) is 0 Å². The molecule has 1 aromatic heterocycles. The molecule has 2 rings (SSSR count). The number of furan rings is 1. The Labute approximate surface area is 125 Å². The van der Waals surface area contributed by atoms with E-state index < -0.39 is 5.97 Å². The smallest absolute Gasteiger partial charge is 0.374 e. The van der Waals surface area contributed by atoms with Gasteiger partial charge in [0, 0.05) is 18.2 Å². The van der Waals surface area contributed by atoms with Gasteiger partial charge in [0.2, 0.25) is 5.76 Å². The summed E-state index contributed by atoms with van der Waals surface area (Å²) in [7, 11) is 1.35. The first kappa shape index (κ1) is 15.3. The average Bonchev–Trinajstić information content (AvgIpc) is 2.95. The van der Waals surface area contributed by atoms with Crippen molar-refractivity contribution in [3.63, 3.8) is 0 Å². The average molecular weight is 287 g/mol. The predicted molar refractivity (Wildman–Crippen MR) is 81.2 cm³/mol. The predicted octanol–water partition coefficient (Wildman–Crippen LogP) is 3.53. The first-order chi connectivity index (χ1) is 10.0. The molecule has 0 fully saturated rings. The zero-order chi connectivity index (χ0) is 15.4. The second-order valence-electron chi connectivity index (χ2n) is 5.23. The van der Waals surface area contributed by atoms with E-state index in [9.17, 15) is 4.79 Å². The van der Waals surface area contributed by atoms with E-state index in [1.54, 1.807) is 6.07 Å². The van der Waals surface area contributed by atoms with E-state index in [-0.39, 0.29) is 11.8 Å². The standard InChI is InChI=1S/C17H21NO3/c1-11-5-6-12(2)15(9-11)13(3)18-10-14-7-8-21-16(14)17(19)20-4/h5-9,13,18H,10H2,1-4H3. The maximum Gasteiger partial charge on any atom is 0.374 e. The lowest BCUT2D eigenvalue weighted by molar-refractivity contribution is 0.0563. The third-order valence-electron chi connectivity index (χ3n) is 3.62. The van der Waals surface area contributed by atoms with Gasteiger partial charge in [-0.1, -0.05) is 23.8 Å². The molecule has 4 nitrogen and oxygen atoms in total. The number of hydrogen-bond donors (Lipinski definition) is 1. The van der Waals surface area contributed by atoms with Gasteiger partial charge in [0.15, 0.2) is 0 Å². The Morgan fingerprint density at radius 3 is 2.81 bits per heavy atom. The van der Waals surface area contributed by atoms with Crippen molar-refractivity contribution in [2.45, 2.75) is 33.4 Å². The number of carbonyl (C=O) groups is 1. The summed E-state index contributed by atoms with van der Waals surface area (Å²) in [5, 5.41) is 3.42. The Bertz CT molecular complexity index is 631. The number of rotatable bonds is 5. The Morgan fingerprint density at radius 2 is 2.10 bits per heavy atom. The van der Waals surface area contributed by atoms with Gasteiger partial charge in [0.1, 0.15) is 0 Å². The molecule has 0 radical (unpaired) electrons. The third kappa shape index (κ3) is 3.52. The summed E-state index contributed by atoms with van der Waals surface area (Å²) in [6.07, 6.45) is 1.51. The van der Waals surface area contributed by atoms with Crippen molar-refractivity contribution in [3.8, 4) is 0 Å². The SMILES string of the molecule is COC(=O)c1occc1CNC(C)c1cc(C)ccc1C. The van der Waals surface area contributed by atoms with Crippen molar-refractivity contribution in [1.82, 2.24) is 5.32 Å².